The van der Waals surface area contributed by atoms with Crippen LogP contribution in [0.2, 0.25) is 0 Å². The van der Waals surface area contributed by atoms with Gasteiger partial charge in [-0.2, -0.15) is 0 Å². The Labute approximate surface area is 142 Å². The number of nitrogens with zero attached hydrogens (tertiary/aromatic N) is 2. The maximum Gasteiger partial charge on any atom is 0.255 e. The van der Waals surface area contributed by atoms with Crippen LogP contribution in [0.1, 0.15) is 34.3 Å². The molecule has 0 saturated carbocycles. The molecule has 0 spiro atoms. The van der Waals surface area contributed by atoms with Crippen LogP contribution in [-0.4, -0.2) is 53.3 Å². The lowest BCUT2D eigenvalue weighted by molar-refractivity contribution is -0.133. The maximum atomic E-state index is 12.9. The topological polar surface area (TPSA) is 56.4 Å². The third-order valence-corrected chi connectivity index (χ3v) is 4.77. The highest BCUT2D eigenvalue weighted by molar-refractivity contribution is 5.96. The van der Waals surface area contributed by atoms with Crippen LogP contribution in [0.3, 0.4) is 0 Å². The molecule has 1 aliphatic heterocycles. The lowest BCUT2D eigenvalue weighted by Crippen LogP contribution is -2.49. The summed E-state index contributed by atoms with van der Waals surface area (Å²) in [5.74, 6) is 0.161. The van der Waals surface area contributed by atoms with E-state index >= 15 is 0 Å². The van der Waals surface area contributed by atoms with E-state index in [1.807, 2.05) is 31.4 Å². The second-order valence-corrected chi connectivity index (χ2v) is 6.44. The SMILES string of the molecule is CN1CC(N(C)C(=O)c2c[nH]cc2Cc2ccccc2)CCC1=O. The van der Waals surface area contributed by atoms with Crippen molar-refractivity contribution >= 4 is 11.8 Å². The van der Waals surface area contributed by atoms with Crippen LogP contribution in [0.5, 0.6) is 0 Å². The summed E-state index contributed by atoms with van der Waals surface area (Å²) in [6.45, 7) is 0.597. The molecular formula is C19H23N3O2. The molecule has 5 nitrogen and oxygen atoms in total. The molecule has 0 bridgehead atoms. The number of likely N-dealkylation sites (N-methyl/N-ethyl adjacent to an activating group) is 2. The van der Waals surface area contributed by atoms with E-state index in [1.54, 1.807) is 23.0 Å². The van der Waals surface area contributed by atoms with E-state index in [0.717, 1.165) is 18.4 Å². The second kappa shape index (κ2) is 6.91. The van der Waals surface area contributed by atoms with Gasteiger partial charge in [-0.15, -0.1) is 0 Å². The number of aromatic amines is 1. The number of nitrogens with one attached hydrogen (secondary N) is 1. The highest BCUT2D eigenvalue weighted by atomic mass is 16.2. The number of benzene rings is 1. The quantitative estimate of drug-likeness (QED) is 0.938. The Morgan fingerprint density at radius 2 is 2.04 bits per heavy atom. The Morgan fingerprint density at radius 1 is 1.29 bits per heavy atom. The predicted octanol–water partition coefficient (Wildman–Crippen LogP) is 2.30. The van der Waals surface area contributed by atoms with Gasteiger partial charge in [-0.05, 0) is 24.0 Å². The van der Waals surface area contributed by atoms with Gasteiger partial charge in [0.1, 0.15) is 0 Å². The first-order valence-corrected chi connectivity index (χ1v) is 8.27. The van der Waals surface area contributed by atoms with Gasteiger partial charge in [0.25, 0.3) is 5.91 Å². The number of carbonyl (C=O) groups is 2. The van der Waals surface area contributed by atoms with Crippen molar-refractivity contribution in [2.75, 3.05) is 20.6 Å². The zero-order valence-electron chi connectivity index (χ0n) is 14.2. The Hall–Kier alpha value is -2.56. The van der Waals surface area contributed by atoms with E-state index in [0.29, 0.717) is 18.5 Å². The van der Waals surface area contributed by atoms with Gasteiger partial charge < -0.3 is 14.8 Å². The molecule has 1 N–H and O–H groups in total. The minimum atomic E-state index is 0.00919. The van der Waals surface area contributed by atoms with E-state index in [-0.39, 0.29) is 17.9 Å². The number of carbonyl (C=O) groups excluding carboxylic acids is 2. The van der Waals surface area contributed by atoms with Gasteiger partial charge in [-0.1, -0.05) is 30.3 Å². The zero-order valence-corrected chi connectivity index (χ0v) is 14.2. The van der Waals surface area contributed by atoms with Crippen molar-refractivity contribution in [1.82, 2.24) is 14.8 Å². The molecule has 1 saturated heterocycles. The summed E-state index contributed by atoms with van der Waals surface area (Å²) in [6, 6.07) is 10.2. The number of piperidine rings is 1. The van der Waals surface area contributed by atoms with Crippen LogP contribution in [-0.2, 0) is 11.2 Å². The summed E-state index contributed by atoms with van der Waals surface area (Å²) >= 11 is 0. The maximum absolute atomic E-state index is 12.9. The summed E-state index contributed by atoms with van der Waals surface area (Å²) in [6.07, 6.45) is 5.62. The molecule has 3 rings (SSSR count). The third-order valence-electron chi connectivity index (χ3n) is 4.77. The van der Waals surface area contributed by atoms with Gasteiger partial charge in [-0.25, -0.2) is 0 Å². The minimum absolute atomic E-state index is 0.00919. The average molecular weight is 325 g/mol. The molecule has 2 heterocycles. The molecule has 1 unspecified atom stereocenters. The Bertz CT molecular complexity index is 723. The smallest absolute Gasteiger partial charge is 0.255 e. The molecule has 2 amide bonds. The van der Waals surface area contributed by atoms with Crippen molar-refractivity contribution in [1.29, 1.82) is 0 Å². The van der Waals surface area contributed by atoms with E-state index in [4.69, 9.17) is 0 Å². The van der Waals surface area contributed by atoms with Crippen LogP contribution in [0.4, 0.5) is 0 Å². The predicted molar refractivity (Wildman–Crippen MR) is 92.8 cm³/mol. The summed E-state index contributed by atoms with van der Waals surface area (Å²) in [5, 5.41) is 0. The van der Waals surface area contributed by atoms with E-state index in [1.165, 1.54) is 5.56 Å². The molecule has 1 aromatic heterocycles. The van der Waals surface area contributed by atoms with Crippen LogP contribution in [0.25, 0.3) is 0 Å². The van der Waals surface area contributed by atoms with Crippen molar-refractivity contribution < 1.29 is 9.59 Å². The summed E-state index contributed by atoms with van der Waals surface area (Å²) in [7, 11) is 3.62. The molecule has 126 valence electrons. The highest BCUT2D eigenvalue weighted by Gasteiger charge is 2.29. The van der Waals surface area contributed by atoms with Crippen LogP contribution < -0.4 is 0 Å². The number of rotatable bonds is 4. The Balaban J connectivity index is 1.73. The lowest BCUT2D eigenvalue weighted by atomic mass is 10.0. The van der Waals surface area contributed by atoms with Gasteiger partial charge >= 0.3 is 0 Å². The molecule has 0 aliphatic carbocycles. The molecular weight excluding hydrogens is 302 g/mol. The summed E-state index contributed by atoms with van der Waals surface area (Å²) in [4.78, 5) is 31.1. The monoisotopic (exact) mass is 325 g/mol. The zero-order chi connectivity index (χ0) is 17.1. The number of hydrogen-bond donors (Lipinski definition) is 1. The number of aromatic nitrogens is 1. The second-order valence-electron chi connectivity index (χ2n) is 6.44. The van der Waals surface area contributed by atoms with E-state index in [9.17, 15) is 9.59 Å². The molecule has 1 aliphatic rings. The van der Waals surface area contributed by atoms with Crippen LogP contribution in [0.15, 0.2) is 42.7 Å². The van der Waals surface area contributed by atoms with Gasteiger partial charge in [-0.3, -0.25) is 9.59 Å². The normalized spacial score (nSPS) is 17.8. The fraction of sp³-hybridized carbons (Fsp3) is 0.368. The van der Waals surface area contributed by atoms with Crippen molar-refractivity contribution in [3.05, 3.63) is 59.4 Å². The first-order chi connectivity index (χ1) is 11.6. The largest absolute Gasteiger partial charge is 0.367 e. The van der Waals surface area contributed by atoms with Crippen LogP contribution >= 0.6 is 0 Å². The highest BCUT2D eigenvalue weighted by Crippen LogP contribution is 2.20. The minimum Gasteiger partial charge on any atom is -0.367 e. The van der Waals surface area contributed by atoms with E-state index < -0.39 is 0 Å². The standard InChI is InChI=1S/C19H23N3O2/c1-21-13-16(8-9-18(21)23)22(2)19(24)17-12-20-11-15(17)10-14-6-4-3-5-7-14/h3-7,11-12,16,20H,8-10,13H2,1-2H3. The van der Waals surface area contributed by atoms with Gasteiger partial charge in [0.15, 0.2) is 0 Å². The fourth-order valence-corrected chi connectivity index (χ4v) is 3.22. The lowest BCUT2D eigenvalue weighted by Gasteiger charge is -2.35. The van der Waals surface area contributed by atoms with Gasteiger partial charge in [0.05, 0.1) is 5.56 Å². The average Bonchev–Trinajstić information content (AvgIpc) is 3.05. The molecule has 24 heavy (non-hydrogen) atoms. The number of H-pyrrole nitrogens is 1. The van der Waals surface area contributed by atoms with Crippen LogP contribution in [0, 0.1) is 0 Å². The van der Waals surface area contributed by atoms with E-state index in [2.05, 4.69) is 17.1 Å². The number of likely N-dealkylation sites (tertiary alicyclic amines) is 1. The van der Waals surface area contributed by atoms with Gasteiger partial charge in [0.2, 0.25) is 5.91 Å². The van der Waals surface area contributed by atoms with Crippen molar-refractivity contribution in [2.45, 2.75) is 25.3 Å². The molecule has 0 radical (unpaired) electrons. The molecule has 1 atom stereocenters. The molecule has 1 fully saturated rings. The van der Waals surface area contributed by atoms with Crippen molar-refractivity contribution in [3.63, 3.8) is 0 Å². The molecule has 1 aromatic carbocycles. The number of hydrogen-bond acceptors (Lipinski definition) is 2. The van der Waals surface area contributed by atoms with Gasteiger partial charge in [0, 0.05) is 45.5 Å². The first kappa shape index (κ1) is 16.3. The molecule has 5 heteroatoms. The molecule has 2 aromatic rings. The Kier molecular flexibility index (Phi) is 4.69. The Morgan fingerprint density at radius 3 is 2.75 bits per heavy atom. The summed E-state index contributed by atoms with van der Waals surface area (Å²) < 4.78 is 0. The third kappa shape index (κ3) is 3.35. The summed E-state index contributed by atoms with van der Waals surface area (Å²) in [5.41, 5.74) is 2.89. The van der Waals surface area contributed by atoms with Crippen molar-refractivity contribution in [3.8, 4) is 0 Å². The fourth-order valence-electron chi connectivity index (χ4n) is 3.22. The first-order valence-electron chi connectivity index (χ1n) is 8.27. The number of amides is 2. The van der Waals surface area contributed by atoms with Crippen molar-refractivity contribution in [2.24, 2.45) is 0 Å².